The highest BCUT2D eigenvalue weighted by Gasteiger charge is 2.20. The Balaban J connectivity index is 1.79. The summed E-state index contributed by atoms with van der Waals surface area (Å²) in [6.45, 7) is 3.72. The lowest BCUT2D eigenvalue weighted by atomic mass is 10.1. The van der Waals surface area contributed by atoms with Crippen molar-refractivity contribution in [3.8, 4) is 5.75 Å². The van der Waals surface area contributed by atoms with Crippen LogP contribution in [0.5, 0.6) is 5.75 Å². The van der Waals surface area contributed by atoms with Gasteiger partial charge in [0.2, 0.25) is 5.91 Å². The number of rotatable bonds is 8. The molecule has 0 saturated carbocycles. The number of nitrogens with one attached hydrogen (secondary N) is 2. The second-order valence-electron chi connectivity index (χ2n) is 6.58. The first-order chi connectivity index (χ1) is 15.7. The summed E-state index contributed by atoms with van der Waals surface area (Å²) >= 11 is 0.899. The van der Waals surface area contributed by atoms with Crippen LogP contribution in [0.15, 0.2) is 34.2 Å². The van der Waals surface area contributed by atoms with E-state index in [9.17, 15) is 24.5 Å². The number of benzene rings is 1. The molecule has 1 aromatic carbocycles. The number of hydrogen-bond acceptors (Lipinski definition) is 10. The largest absolute Gasteiger partial charge is 0.494 e. The van der Waals surface area contributed by atoms with Crippen LogP contribution in [0.25, 0.3) is 11.0 Å². The molecule has 0 atom stereocenters. The number of aromatic amines is 1. The molecule has 2 aromatic heterocycles. The molecule has 2 N–H and O–H groups in total. The topological polar surface area (TPSA) is 166 Å². The number of thioether (sulfide) groups is 1. The van der Waals surface area contributed by atoms with Gasteiger partial charge in [-0.3, -0.25) is 19.7 Å². The van der Waals surface area contributed by atoms with Crippen molar-refractivity contribution in [2.24, 2.45) is 0 Å². The van der Waals surface area contributed by atoms with Crippen molar-refractivity contribution in [3.05, 3.63) is 56.0 Å². The number of amides is 1. The molecule has 0 radical (unpaired) electrons. The lowest BCUT2D eigenvalue weighted by Crippen LogP contribution is -2.18. The number of methoxy groups -OCH3 is 1. The minimum Gasteiger partial charge on any atom is -0.494 e. The van der Waals surface area contributed by atoms with Crippen molar-refractivity contribution in [2.45, 2.75) is 19.0 Å². The van der Waals surface area contributed by atoms with Crippen molar-refractivity contribution < 1.29 is 24.0 Å². The maximum absolute atomic E-state index is 12.5. The van der Waals surface area contributed by atoms with Gasteiger partial charge in [-0.15, -0.1) is 0 Å². The number of esters is 1. The molecule has 33 heavy (non-hydrogen) atoms. The third-order valence-corrected chi connectivity index (χ3v) is 5.15. The van der Waals surface area contributed by atoms with E-state index in [1.165, 1.54) is 31.4 Å². The van der Waals surface area contributed by atoms with E-state index in [0.29, 0.717) is 18.1 Å². The number of nitro groups is 1. The van der Waals surface area contributed by atoms with Gasteiger partial charge in [0.05, 0.1) is 41.4 Å². The molecule has 13 heteroatoms. The van der Waals surface area contributed by atoms with Gasteiger partial charge in [0.15, 0.2) is 10.8 Å². The molecule has 172 valence electrons. The number of nitro benzene ring substituents is 1. The summed E-state index contributed by atoms with van der Waals surface area (Å²) in [6, 6.07) is 5.54. The predicted molar refractivity (Wildman–Crippen MR) is 120 cm³/mol. The van der Waals surface area contributed by atoms with Gasteiger partial charge in [-0.05, 0) is 32.0 Å². The molecule has 0 spiro atoms. The maximum atomic E-state index is 12.5. The van der Waals surface area contributed by atoms with Crippen LogP contribution in [0, 0.1) is 17.0 Å². The highest BCUT2D eigenvalue weighted by Crippen LogP contribution is 2.29. The number of carbonyl (C=O) groups excluding carboxylic acids is 2. The third kappa shape index (κ3) is 5.44. The van der Waals surface area contributed by atoms with Crippen LogP contribution >= 0.6 is 11.8 Å². The van der Waals surface area contributed by atoms with Crippen molar-refractivity contribution in [1.29, 1.82) is 0 Å². The van der Waals surface area contributed by atoms with Crippen LogP contribution in [-0.2, 0) is 9.53 Å². The highest BCUT2D eigenvalue weighted by molar-refractivity contribution is 7.99. The summed E-state index contributed by atoms with van der Waals surface area (Å²) in [5.74, 6) is -1.14. The van der Waals surface area contributed by atoms with Crippen molar-refractivity contribution in [2.75, 3.05) is 24.8 Å². The Morgan fingerprint density at radius 1 is 1.27 bits per heavy atom. The molecular formula is C20H19N5O7S. The van der Waals surface area contributed by atoms with Gasteiger partial charge in [-0.2, -0.15) is 0 Å². The third-order valence-electron chi connectivity index (χ3n) is 4.28. The van der Waals surface area contributed by atoms with Crippen molar-refractivity contribution >= 4 is 46.0 Å². The zero-order valence-corrected chi connectivity index (χ0v) is 18.6. The van der Waals surface area contributed by atoms with Gasteiger partial charge in [0.1, 0.15) is 11.4 Å². The van der Waals surface area contributed by atoms with Gasteiger partial charge in [0, 0.05) is 5.69 Å². The average molecular weight is 473 g/mol. The fourth-order valence-electron chi connectivity index (χ4n) is 2.93. The quantitative estimate of drug-likeness (QED) is 0.163. The SMILES string of the molecule is CCOc1ccc(NC(=O)CSc2nc3nc(C)cc(C(=O)OC)c3c(=O)[nH]2)c([N+](=O)[O-])c1. The number of aryl methyl sites for hydroxylation is 1. The highest BCUT2D eigenvalue weighted by atomic mass is 32.2. The Kier molecular flexibility index (Phi) is 7.23. The van der Waals surface area contributed by atoms with E-state index in [4.69, 9.17) is 9.47 Å². The molecule has 0 aliphatic carbocycles. The van der Waals surface area contributed by atoms with Gasteiger partial charge in [-0.1, -0.05) is 11.8 Å². The number of nitrogens with zero attached hydrogens (tertiary/aromatic N) is 3. The molecular weight excluding hydrogens is 454 g/mol. The second kappa shape index (κ2) is 10.1. The van der Waals surface area contributed by atoms with Crippen LogP contribution in [0.2, 0.25) is 0 Å². The summed E-state index contributed by atoms with van der Waals surface area (Å²) < 4.78 is 9.96. The van der Waals surface area contributed by atoms with Gasteiger partial charge < -0.3 is 19.8 Å². The first kappa shape index (κ1) is 23.7. The second-order valence-corrected chi connectivity index (χ2v) is 7.54. The van der Waals surface area contributed by atoms with E-state index >= 15 is 0 Å². The average Bonchev–Trinajstić information content (AvgIpc) is 2.77. The molecule has 3 aromatic rings. The molecule has 3 rings (SSSR count). The van der Waals surface area contributed by atoms with E-state index < -0.39 is 22.4 Å². The Hall–Kier alpha value is -4.00. The summed E-state index contributed by atoms with van der Waals surface area (Å²) in [5.41, 5.74) is -0.397. The van der Waals surface area contributed by atoms with Crippen LogP contribution in [0.4, 0.5) is 11.4 Å². The summed E-state index contributed by atoms with van der Waals surface area (Å²) in [5, 5.41) is 13.9. The van der Waals surface area contributed by atoms with E-state index in [1.807, 2.05) is 0 Å². The fourth-order valence-corrected chi connectivity index (χ4v) is 3.59. The van der Waals surface area contributed by atoms with Crippen molar-refractivity contribution in [1.82, 2.24) is 15.0 Å². The fraction of sp³-hybridized carbons (Fsp3) is 0.250. The standard InChI is InChI=1S/C20H19N5O7S/c1-4-32-11-5-6-13(14(8-11)25(29)30)22-15(26)9-33-20-23-17-16(18(27)24-20)12(19(28)31-3)7-10(2)21-17/h5-8H,4,9H2,1-3H3,(H,22,26)(H,21,23,24,27). The monoisotopic (exact) mass is 473 g/mol. The van der Waals surface area contributed by atoms with E-state index in [-0.39, 0.29) is 38.9 Å². The van der Waals surface area contributed by atoms with E-state index in [1.54, 1.807) is 13.8 Å². The number of carbonyl (C=O) groups is 2. The first-order valence-corrected chi connectivity index (χ1v) is 10.6. The Morgan fingerprint density at radius 2 is 2.03 bits per heavy atom. The number of aromatic nitrogens is 3. The van der Waals surface area contributed by atoms with Crippen LogP contribution in [-0.4, -0.2) is 51.2 Å². The Labute approximate surface area is 190 Å². The molecule has 2 heterocycles. The smallest absolute Gasteiger partial charge is 0.338 e. The molecule has 1 amide bonds. The van der Waals surface area contributed by atoms with Gasteiger partial charge in [0.25, 0.3) is 11.2 Å². The normalized spacial score (nSPS) is 10.6. The minimum absolute atomic E-state index is 0.00836. The maximum Gasteiger partial charge on any atom is 0.338 e. The summed E-state index contributed by atoms with van der Waals surface area (Å²) in [7, 11) is 1.20. The number of fused-ring (bicyclic) bond motifs is 1. The lowest BCUT2D eigenvalue weighted by molar-refractivity contribution is -0.384. The summed E-state index contributed by atoms with van der Waals surface area (Å²) in [4.78, 5) is 58.5. The number of pyridine rings is 1. The molecule has 0 bridgehead atoms. The molecule has 0 aliphatic heterocycles. The number of hydrogen-bond donors (Lipinski definition) is 2. The van der Waals surface area contributed by atoms with Crippen molar-refractivity contribution in [3.63, 3.8) is 0 Å². The molecule has 0 aliphatic rings. The van der Waals surface area contributed by atoms with Gasteiger partial charge >= 0.3 is 5.97 Å². The number of anilines is 1. The zero-order valence-electron chi connectivity index (χ0n) is 17.8. The molecule has 0 saturated heterocycles. The van der Waals surface area contributed by atoms with Crippen LogP contribution in [0.1, 0.15) is 23.0 Å². The van der Waals surface area contributed by atoms with Crippen LogP contribution in [0.3, 0.4) is 0 Å². The van der Waals surface area contributed by atoms with Crippen LogP contribution < -0.4 is 15.6 Å². The minimum atomic E-state index is -0.700. The van der Waals surface area contributed by atoms with Gasteiger partial charge in [-0.25, -0.2) is 14.8 Å². The van der Waals surface area contributed by atoms with E-state index in [0.717, 1.165) is 11.8 Å². The predicted octanol–water partition coefficient (Wildman–Crippen LogP) is 2.45. The zero-order chi connectivity index (χ0) is 24.1. The van der Waals surface area contributed by atoms with E-state index in [2.05, 4.69) is 20.3 Å². The summed E-state index contributed by atoms with van der Waals surface area (Å²) in [6.07, 6.45) is 0. The molecule has 0 fully saturated rings. The lowest BCUT2D eigenvalue weighted by Gasteiger charge is -2.09. The Morgan fingerprint density at radius 3 is 2.70 bits per heavy atom. The molecule has 0 unspecified atom stereocenters. The number of ether oxygens (including phenoxy) is 2. The number of H-pyrrole nitrogens is 1. The molecule has 12 nitrogen and oxygen atoms in total. The Bertz CT molecular complexity index is 1310. The first-order valence-electron chi connectivity index (χ1n) is 9.57.